The Labute approximate surface area is 232 Å². The summed E-state index contributed by atoms with van der Waals surface area (Å²) in [6.07, 6.45) is 2.70. The summed E-state index contributed by atoms with van der Waals surface area (Å²) < 4.78 is 28.3. The van der Waals surface area contributed by atoms with Crippen LogP contribution in [0.25, 0.3) is 22.5 Å². The van der Waals surface area contributed by atoms with Crippen molar-refractivity contribution in [1.82, 2.24) is 19.5 Å². The quantitative estimate of drug-likeness (QED) is 0.287. The molecule has 4 aromatic rings. The lowest BCUT2D eigenvalue weighted by Gasteiger charge is -2.27. The number of sulfonamides is 1. The Bertz CT molecular complexity index is 1560. The van der Waals surface area contributed by atoms with Gasteiger partial charge in [-0.15, -0.1) is 10.2 Å². The summed E-state index contributed by atoms with van der Waals surface area (Å²) in [6, 6.07) is 24.5. The molecule has 1 saturated heterocycles. The van der Waals surface area contributed by atoms with Crippen molar-refractivity contribution in [1.29, 1.82) is 0 Å². The molecular weight excluding hydrogens is 530 g/mol. The number of hydrogen-bond acceptors (Lipinski definition) is 7. The maximum atomic E-state index is 13.4. The fraction of sp³-hybridized carbons (Fsp3) is 0.241. The first-order chi connectivity index (χ1) is 18.9. The molecule has 1 aliphatic rings. The Kier molecular flexibility index (Phi) is 8.35. The van der Waals surface area contributed by atoms with Crippen molar-refractivity contribution in [3.05, 3.63) is 84.4 Å². The third-order valence-corrected chi connectivity index (χ3v) is 9.21. The molecule has 0 spiro atoms. The SMILES string of the molecule is Cc1ccc(NC(=O)CSc2nnc(-c3ccccc3)c(-c3ccccc3)n2)c(S(=O)(=O)N2CCCCC2)c1. The van der Waals surface area contributed by atoms with Gasteiger partial charge in [0.05, 0.1) is 11.4 Å². The molecule has 1 aromatic heterocycles. The number of benzene rings is 3. The van der Waals surface area contributed by atoms with Crippen LogP contribution in [0.1, 0.15) is 24.8 Å². The largest absolute Gasteiger partial charge is 0.324 e. The third-order valence-electron chi connectivity index (χ3n) is 6.44. The molecule has 0 bridgehead atoms. The number of rotatable bonds is 8. The maximum Gasteiger partial charge on any atom is 0.245 e. The van der Waals surface area contributed by atoms with Gasteiger partial charge in [-0.3, -0.25) is 4.79 Å². The van der Waals surface area contributed by atoms with Gasteiger partial charge in [-0.1, -0.05) is 84.9 Å². The summed E-state index contributed by atoms with van der Waals surface area (Å²) in [4.78, 5) is 17.8. The highest BCUT2D eigenvalue weighted by atomic mass is 32.2. The molecule has 200 valence electrons. The van der Waals surface area contributed by atoms with Gasteiger partial charge in [-0.05, 0) is 37.5 Å². The Morgan fingerprint density at radius 1 is 0.872 bits per heavy atom. The lowest BCUT2D eigenvalue weighted by atomic mass is 10.0. The van der Waals surface area contributed by atoms with Crippen LogP contribution >= 0.6 is 11.8 Å². The first-order valence-electron chi connectivity index (χ1n) is 12.8. The highest BCUT2D eigenvalue weighted by molar-refractivity contribution is 7.99. The normalized spacial score (nSPS) is 14.2. The van der Waals surface area contributed by atoms with Crippen molar-refractivity contribution < 1.29 is 13.2 Å². The van der Waals surface area contributed by atoms with E-state index in [4.69, 9.17) is 4.98 Å². The lowest BCUT2D eigenvalue weighted by Crippen LogP contribution is -2.36. The van der Waals surface area contributed by atoms with Gasteiger partial charge in [-0.25, -0.2) is 13.4 Å². The second-order valence-corrected chi connectivity index (χ2v) is 12.2. The number of carbonyl (C=O) groups is 1. The minimum Gasteiger partial charge on any atom is -0.324 e. The number of piperidine rings is 1. The number of thioether (sulfide) groups is 1. The van der Waals surface area contributed by atoms with Gasteiger partial charge in [0.2, 0.25) is 21.1 Å². The van der Waals surface area contributed by atoms with Crippen molar-refractivity contribution in [3.8, 4) is 22.5 Å². The van der Waals surface area contributed by atoms with Crippen molar-refractivity contribution in [3.63, 3.8) is 0 Å². The summed E-state index contributed by atoms with van der Waals surface area (Å²) in [5, 5.41) is 11.9. The van der Waals surface area contributed by atoms with Crippen LogP contribution in [0.4, 0.5) is 5.69 Å². The Morgan fingerprint density at radius 2 is 1.51 bits per heavy atom. The Hall–Kier alpha value is -3.60. The molecular formula is C29H29N5O3S2. The first kappa shape index (κ1) is 27.0. The maximum absolute atomic E-state index is 13.4. The van der Waals surface area contributed by atoms with E-state index in [1.807, 2.05) is 67.6 Å². The molecule has 10 heteroatoms. The van der Waals surface area contributed by atoms with Gasteiger partial charge in [-0.2, -0.15) is 4.31 Å². The van der Waals surface area contributed by atoms with Gasteiger partial charge in [0.1, 0.15) is 16.3 Å². The van der Waals surface area contributed by atoms with Crippen LogP contribution in [-0.2, 0) is 14.8 Å². The van der Waals surface area contributed by atoms with Crippen molar-refractivity contribution >= 4 is 33.4 Å². The molecule has 0 unspecified atom stereocenters. The lowest BCUT2D eigenvalue weighted by molar-refractivity contribution is -0.113. The summed E-state index contributed by atoms with van der Waals surface area (Å²) in [6.45, 7) is 2.82. The summed E-state index contributed by atoms with van der Waals surface area (Å²) >= 11 is 1.15. The van der Waals surface area contributed by atoms with Crippen molar-refractivity contribution in [2.45, 2.75) is 36.2 Å². The molecule has 0 atom stereocenters. The van der Waals surface area contributed by atoms with E-state index >= 15 is 0 Å². The highest BCUT2D eigenvalue weighted by Crippen LogP contribution is 2.31. The monoisotopic (exact) mass is 559 g/mol. The second-order valence-electron chi connectivity index (χ2n) is 9.32. The van der Waals surface area contributed by atoms with E-state index in [0.29, 0.717) is 29.6 Å². The van der Waals surface area contributed by atoms with Crippen LogP contribution in [0, 0.1) is 6.92 Å². The predicted octanol–water partition coefficient (Wildman–Crippen LogP) is 5.42. The molecule has 5 rings (SSSR count). The van der Waals surface area contributed by atoms with E-state index in [1.54, 1.807) is 18.2 Å². The van der Waals surface area contributed by atoms with Gasteiger partial charge < -0.3 is 5.32 Å². The molecule has 1 amide bonds. The molecule has 0 saturated carbocycles. The van der Waals surface area contributed by atoms with E-state index in [9.17, 15) is 13.2 Å². The summed E-state index contributed by atoms with van der Waals surface area (Å²) in [7, 11) is -3.72. The highest BCUT2D eigenvalue weighted by Gasteiger charge is 2.29. The van der Waals surface area contributed by atoms with Crippen molar-refractivity contribution in [2.75, 3.05) is 24.2 Å². The molecule has 39 heavy (non-hydrogen) atoms. The molecule has 0 radical (unpaired) electrons. The average Bonchev–Trinajstić information content (AvgIpc) is 2.98. The number of aryl methyl sites for hydroxylation is 1. The molecule has 1 N–H and O–H groups in total. The molecule has 1 fully saturated rings. The van der Waals surface area contributed by atoms with Crippen LogP contribution in [-0.4, -0.2) is 52.7 Å². The molecule has 2 heterocycles. The Morgan fingerprint density at radius 3 is 2.18 bits per heavy atom. The van der Waals surface area contributed by atoms with E-state index in [2.05, 4.69) is 15.5 Å². The molecule has 0 aliphatic carbocycles. The number of hydrogen-bond donors (Lipinski definition) is 1. The minimum absolute atomic E-state index is 0.00231. The van der Waals surface area contributed by atoms with Crippen LogP contribution in [0.3, 0.4) is 0 Å². The Balaban J connectivity index is 1.35. The number of carbonyl (C=O) groups excluding carboxylic acids is 1. The average molecular weight is 560 g/mol. The van der Waals surface area contributed by atoms with Crippen molar-refractivity contribution in [2.24, 2.45) is 0 Å². The van der Waals surface area contributed by atoms with Crippen LogP contribution in [0.5, 0.6) is 0 Å². The fourth-order valence-corrected chi connectivity index (χ4v) is 6.80. The zero-order valence-electron chi connectivity index (χ0n) is 21.6. The van der Waals surface area contributed by atoms with E-state index < -0.39 is 10.0 Å². The molecule has 3 aromatic carbocycles. The number of amides is 1. The number of nitrogens with zero attached hydrogens (tertiary/aromatic N) is 4. The third kappa shape index (κ3) is 6.35. The topological polar surface area (TPSA) is 105 Å². The zero-order chi connectivity index (χ0) is 27.2. The van der Waals surface area contributed by atoms with Crippen LogP contribution < -0.4 is 5.32 Å². The zero-order valence-corrected chi connectivity index (χ0v) is 23.2. The van der Waals surface area contributed by atoms with Crippen LogP contribution in [0.2, 0.25) is 0 Å². The van der Waals surface area contributed by atoms with Gasteiger partial charge in [0.25, 0.3) is 0 Å². The van der Waals surface area contributed by atoms with E-state index in [1.165, 1.54) is 4.31 Å². The van der Waals surface area contributed by atoms with Gasteiger partial charge >= 0.3 is 0 Å². The smallest absolute Gasteiger partial charge is 0.245 e. The number of aromatic nitrogens is 3. The van der Waals surface area contributed by atoms with E-state index in [-0.39, 0.29) is 22.2 Å². The van der Waals surface area contributed by atoms with Gasteiger partial charge in [0.15, 0.2) is 0 Å². The molecule has 1 aliphatic heterocycles. The molecule has 8 nitrogen and oxygen atoms in total. The number of anilines is 1. The minimum atomic E-state index is -3.72. The van der Waals surface area contributed by atoms with E-state index in [0.717, 1.165) is 47.7 Å². The standard InChI is InChI=1S/C29H29N5O3S2/c1-21-15-16-24(25(19-21)39(36,37)34-17-9-4-10-18-34)30-26(35)20-38-29-31-27(22-11-5-2-6-12-22)28(32-33-29)23-13-7-3-8-14-23/h2-3,5-8,11-16,19H,4,9-10,17-18,20H2,1H3,(H,30,35). The second kappa shape index (κ2) is 12.1. The first-order valence-corrected chi connectivity index (χ1v) is 15.2. The van der Waals surface area contributed by atoms with Gasteiger partial charge in [0, 0.05) is 24.2 Å². The summed E-state index contributed by atoms with van der Waals surface area (Å²) in [5.74, 6) is -0.353. The fourth-order valence-electron chi connectivity index (χ4n) is 4.47. The predicted molar refractivity (Wildman–Crippen MR) is 154 cm³/mol. The number of nitrogens with one attached hydrogen (secondary N) is 1. The van der Waals surface area contributed by atoms with Crippen LogP contribution in [0.15, 0.2) is 88.9 Å². The summed E-state index contributed by atoms with van der Waals surface area (Å²) in [5.41, 5.74) is 4.21.